The molecule has 0 aliphatic carbocycles. The Morgan fingerprint density at radius 2 is 1.81 bits per heavy atom. The Bertz CT molecular complexity index is 1510. The number of carbonyl (C=O) groups is 2. The van der Waals surface area contributed by atoms with Crippen LogP contribution >= 0.6 is 39.1 Å². The van der Waals surface area contributed by atoms with E-state index in [1.54, 1.807) is 17.2 Å². The maximum absolute atomic E-state index is 13.8. The van der Waals surface area contributed by atoms with E-state index in [1.807, 2.05) is 69.3 Å². The number of carbonyl (C=O) groups excluding carboxylic acids is 2. The summed E-state index contributed by atoms with van der Waals surface area (Å²) in [5.41, 5.74) is 2.57. The smallest absolute Gasteiger partial charge is 0.427 e. The highest BCUT2D eigenvalue weighted by atomic mass is 79.9. The van der Waals surface area contributed by atoms with Gasteiger partial charge in [0.05, 0.1) is 0 Å². The summed E-state index contributed by atoms with van der Waals surface area (Å²) in [6, 6.07) is 19.3. The van der Waals surface area contributed by atoms with Crippen molar-refractivity contribution in [3.05, 3.63) is 91.9 Å². The molecule has 228 valence electrons. The number of rotatable bonds is 8. The molecule has 1 saturated heterocycles. The number of hydrogen-bond acceptors (Lipinski definition) is 7. The Morgan fingerprint density at radius 1 is 1.07 bits per heavy atom. The van der Waals surface area contributed by atoms with Crippen molar-refractivity contribution in [3.63, 3.8) is 0 Å². The molecule has 3 N–H and O–H groups in total. The zero-order chi connectivity index (χ0) is 30.8. The topological polar surface area (TPSA) is 91.9 Å². The fraction of sp³-hybridized carbons (Fsp3) is 0.375. The van der Waals surface area contributed by atoms with Gasteiger partial charge in [-0.2, -0.15) is 0 Å². The molecule has 0 aromatic heterocycles. The second kappa shape index (κ2) is 13.0. The number of nitrogens with one attached hydrogen (secondary N) is 3. The normalized spacial score (nSPS) is 19.1. The first kappa shape index (κ1) is 31.6. The highest BCUT2D eigenvalue weighted by Crippen LogP contribution is 2.43. The van der Waals surface area contributed by atoms with Gasteiger partial charge in [-0.15, -0.1) is 5.06 Å². The van der Waals surface area contributed by atoms with Gasteiger partial charge in [-0.3, -0.25) is 4.79 Å². The number of hydroxylamine groups is 2. The number of nitrogens with zero attached hydrogens (tertiary/aromatic N) is 1. The Hall–Kier alpha value is -2.82. The van der Waals surface area contributed by atoms with Gasteiger partial charge in [0, 0.05) is 63.6 Å². The minimum Gasteiger partial charge on any atom is -0.427 e. The molecule has 0 saturated carbocycles. The van der Waals surface area contributed by atoms with E-state index in [1.165, 1.54) is 0 Å². The molecule has 0 bridgehead atoms. The fourth-order valence-corrected chi connectivity index (χ4v) is 6.21. The number of ether oxygens (including phenoxy) is 1. The van der Waals surface area contributed by atoms with Crippen molar-refractivity contribution in [2.24, 2.45) is 0 Å². The van der Waals surface area contributed by atoms with Crippen LogP contribution in [0.2, 0.25) is 10.0 Å². The summed E-state index contributed by atoms with van der Waals surface area (Å²) in [6.45, 7) is 7.21. The minimum absolute atomic E-state index is 0.166. The lowest BCUT2D eigenvalue weighted by molar-refractivity contribution is -0.152. The summed E-state index contributed by atoms with van der Waals surface area (Å²) in [6.07, 6.45) is 1.30. The zero-order valence-electron chi connectivity index (χ0n) is 24.3. The van der Waals surface area contributed by atoms with Gasteiger partial charge >= 0.3 is 6.16 Å². The summed E-state index contributed by atoms with van der Waals surface area (Å²) in [5, 5.41) is 13.1. The van der Waals surface area contributed by atoms with Gasteiger partial charge < -0.3 is 25.5 Å². The molecule has 5 rings (SSSR count). The van der Waals surface area contributed by atoms with Gasteiger partial charge in [-0.05, 0) is 81.1 Å². The zero-order valence-corrected chi connectivity index (χ0v) is 27.4. The third-order valence-corrected chi connectivity index (χ3v) is 8.45. The fourth-order valence-electron chi connectivity index (χ4n) is 5.47. The maximum Gasteiger partial charge on any atom is 0.528 e. The molecule has 8 nitrogen and oxygen atoms in total. The molecule has 1 atom stereocenters. The van der Waals surface area contributed by atoms with Crippen LogP contribution in [-0.2, 0) is 32.9 Å². The van der Waals surface area contributed by atoms with Crippen LogP contribution in [0, 0.1) is 0 Å². The predicted molar refractivity (Wildman–Crippen MR) is 173 cm³/mol. The van der Waals surface area contributed by atoms with Crippen molar-refractivity contribution in [1.29, 1.82) is 0 Å². The number of amides is 1. The minimum atomic E-state index is -1.09. The third kappa shape index (κ3) is 7.83. The molecule has 0 radical (unpaired) electrons. The van der Waals surface area contributed by atoms with Gasteiger partial charge in [0.15, 0.2) is 0 Å². The van der Waals surface area contributed by atoms with E-state index in [0.717, 1.165) is 39.7 Å². The van der Waals surface area contributed by atoms with Crippen molar-refractivity contribution in [3.8, 4) is 0 Å². The van der Waals surface area contributed by atoms with Crippen molar-refractivity contribution in [2.75, 3.05) is 23.7 Å². The molecule has 3 aromatic carbocycles. The van der Waals surface area contributed by atoms with Crippen LogP contribution in [0.1, 0.15) is 50.3 Å². The standard InChI is InChI=1S/C32H35BrCl2N4O4/c1-31(2,3)42-30(41)43-39-13-11-25(12-14-39)36-19-21-7-8-22(33)16-27(21)38-32(18-20-5-4-6-23(34)15-20)26-10-9-24(35)17-28(26)37-29(32)40/h4-10,15-17,25,36,38H,11-14,18-19H2,1-3H3,(H,37,40). The molecule has 1 unspecified atom stereocenters. The van der Waals surface area contributed by atoms with Crippen LogP contribution in [0.15, 0.2) is 65.1 Å². The van der Waals surface area contributed by atoms with Gasteiger partial charge in [-0.1, -0.05) is 63.4 Å². The van der Waals surface area contributed by atoms with E-state index in [2.05, 4.69) is 31.9 Å². The monoisotopic (exact) mass is 688 g/mol. The summed E-state index contributed by atoms with van der Waals surface area (Å²) in [7, 11) is 0. The number of fused-ring (bicyclic) bond motifs is 1. The molecule has 2 aliphatic heterocycles. The van der Waals surface area contributed by atoms with Crippen LogP contribution < -0.4 is 16.0 Å². The maximum atomic E-state index is 13.8. The Morgan fingerprint density at radius 3 is 2.53 bits per heavy atom. The lowest BCUT2D eigenvalue weighted by Crippen LogP contribution is -2.45. The van der Waals surface area contributed by atoms with E-state index < -0.39 is 17.3 Å². The van der Waals surface area contributed by atoms with Crippen LogP contribution in [0.25, 0.3) is 0 Å². The highest BCUT2D eigenvalue weighted by Gasteiger charge is 2.47. The predicted octanol–water partition coefficient (Wildman–Crippen LogP) is 7.68. The van der Waals surface area contributed by atoms with E-state index in [4.69, 9.17) is 32.8 Å². The Kier molecular flexibility index (Phi) is 9.58. The Labute approximate surface area is 270 Å². The van der Waals surface area contributed by atoms with Crippen LogP contribution in [0.5, 0.6) is 0 Å². The van der Waals surface area contributed by atoms with E-state index in [0.29, 0.717) is 41.8 Å². The van der Waals surface area contributed by atoms with Crippen LogP contribution in [-0.4, -0.2) is 41.9 Å². The summed E-state index contributed by atoms with van der Waals surface area (Å²) in [5.74, 6) is -0.166. The first-order valence-electron chi connectivity index (χ1n) is 14.2. The second-order valence-corrected chi connectivity index (χ2v) is 13.7. The lowest BCUT2D eigenvalue weighted by atomic mass is 9.84. The second-order valence-electron chi connectivity index (χ2n) is 11.9. The molecule has 1 amide bonds. The molecular formula is C32H35BrCl2N4O4. The van der Waals surface area contributed by atoms with E-state index in [9.17, 15) is 9.59 Å². The lowest BCUT2D eigenvalue weighted by Gasteiger charge is -2.33. The molecule has 11 heteroatoms. The number of piperidine rings is 1. The van der Waals surface area contributed by atoms with E-state index in [-0.39, 0.29) is 11.9 Å². The van der Waals surface area contributed by atoms with E-state index >= 15 is 0 Å². The van der Waals surface area contributed by atoms with Crippen LogP contribution in [0.4, 0.5) is 16.2 Å². The number of benzene rings is 3. The van der Waals surface area contributed by atoms with Gasteiger partial charge in [0.2, 0.25) is 0 Å². The third-order valence-electron chi connectivity index (χ3n) is 7.48. The number of hydrogen-bond donors (Lipinski definition) is 3. The highest BCUT2D eigenvalue weighted by molar-refractivity contribution is 9.10. The molecule has 1 fully saturated rings. The molecule has 0 spiro atoms. The first-order valence-corrected chi connectivity index (χ1v) is 15.8. The SMILES string of the molecule is CC(C)(C)OC(=O)ON1CCC(NCc2ccc(Br)cc2NC2(Cc3cccc(Cl)c3)C(=O)Nc3cc(Cl)ccc32)CC1. The molecule has 2 aliphatic rings. The average molecular weight is 690 g/mol. The van der Waals surface area contributed by atoms with Crippen molar-refractivity contribution in [2.45, 2.75) is 63.8 Å². The van der Waals surface area contributed by atoms with Crippen molar-refractivity contribution >= 4 is 62.6 Å². The van der Waals surface area contributed by atoms with Gasteiger partial charge in [-0.25, -0.2) is 4.79 Å². The van der Waals surface area contributed by atoms with Gasteiger partial charge in [0.1, 0.15) is 11.1 Å². The van der Waals surface area contributed by atoms with Gasteiger partial charge in [0.25, 0.3) is 5.91 Å². The van der Waals surface area contributed by atoms with Crippen molar-refractivity contribution < 1.29 is 19.2 Å². The quantitative estimate of drug-likeness (QED) is 0.209. The largest absolute Gasteiger partial charge is 0.528 e. The van der Waals surface area contributed by atoms with Crippen molar-refractivity contribution in [1.82, 2.24) is 10.4 Å². The molecule has 3 aromatic rings. The Balaban J connectivity index is 1.33. The summed E-state index contributed by atoms with van der Waals surface area (Å²) >= 11 is 16.2. The summed E-state index contributed by atoms with van der Waals surface area (Å²) in [4.78, 5) is 31.2. The molecule has 43 heavy (non-hydrogen) atoms. The first-order chi connectivity index (χ1) is 20.4. The summed E-state index contributed by atoms with van der Waals surface area (Å²) < 4.78 is 6.15. The molecule has 2 heterocycles. The van der Waals surface area contributed by atoms with Crippen LogP contribution in [0.3, 0.4) is 0 Å². The average Bonchev–Trinajstić information content (AvgIpc) is 3.17. The number of anilines is 2. The number of halogens is 3. The molecular weight excluding hydrogens is 655 g/mol.